The number of rotatable bonds is 9. The molecule has 0 bridgehead atoms. The molecule has 1 saturated heterocycles. The maximum absolute atomic E-state index is 16.6. The van der Waals surface area contributed by atoms with Crippen molar-refractivity contribution in [3.63, 3.8) is 0 Å². The van der Waals surface area contributed by atoms with E-state index in [9.17, 15) is 17.2 Å². The Morgan fingerprint density at radius 1 is 1.09 bits per heavy atom. The van der Waals surface area contributed by atoms with Crippen molar-refractivity contribution in [2.75, 3.05) is 25.8 Å². The number of hydrogen-bond acceptors (Lipinski definition) is 7. The molecule has 9 nitrogen and oxygen atoms in total. The lowest BCUT2D eigenvalue weighted by molar-refractivity contribution is -0.722. The van der Waals surface area contributed by atoms with Crippen molar-refractivity contribution in [3.05, 3.63) is 78.4 Å². The average molecular weight is 631 g/mol. The van der Waals surface area contributed by atoms with Gasteiger partial charge < -0.3 is 14.8 Å². The van der Waals surface area contributed by atoms with Crippen LogP contribution in [-0.4, -0.2) is 49.2 Å². The molecule has 4 aromatic rings. The number of pyridine rings is 1. The Morgan fingerprint density at radius 2 is 1.89 bits per heavy atom. The summed E-state index contributed by atoms with van der Waals surface area (Å²) in [4.78, 5) is 3.50. The number of nitrogens with one attached hydrogen (secondary N) is 2. The normalized spacial score (nSPS) is 16.6. The monoisotopic (exact) mass is 630 g/mol. The topological polar surface area (TPSA) is 99.8 Å². The van der Waals surface area contributed by atoms with Gasteiger partial charge in [-0.1, -0.05) is 6.07 Å². The molecule has 1 aliphatic rings. The summed E-state index contributed by atoms with van der Waals surface area (Å²) in [5.74, 6) is -2.41. The molecule has 5 rings (SSSR count). The lowest BCUT2D eigenvalue weighted by Gasteiger charge is -2.22. The van der Waals surface area contributed by atoms with Crippen LogP contribution in [0.15, 0.2) is 65.8 Å². The van der Waals surface area contributed by atoms with Crippen LogP contribution >= 0.6 is 0 Å². The molecule has 2 atom stereocenters. The van der Waals surface area contributed by atoms with E-state index in [4.69, 9.17) is 14.6 Å². The van der Waals surface area contributed by atoms with Crippen molar-refractivity contribution in [2.24, 2.45) is 0 Å². The highest BCUT2D eigenvalue weighted by atomic mass is 32.2. The summed E-state index contributed by atoms with van der Waals surface area (Å²) < 4.78 is 84.6. The molecule has 0 amide bonds. The van der Waals surface area contributed by atoms with Gasteiger partial charge in [0, 0.05) is 54.9 Å². The molecular weight excluding hydrogens is 595 g/mol. The maximum Gasteiger partial charge on any atom is 0.335 e. The summed E-state index contributed by atoms with van der Waals surface area (Å²) in [5, 5.41) is 8.08. The molecule has 2 aromatic heterocycles. The molecule has 234 valence electrons. The summed E-state index contributed by atoms with van der Waals surface area (Å²) in [5.41, 5.74) is 0.920. The van der Waals surface area contributed by atoms with Crippen molar-refractivity contribution in [3.8, 4) is 22.4 Å². The number of anilines is 1. The zero-order chi connectivity index (χ0) is 31.6. The SMILES string of the molecule is COC[NH+](c1cccc(-c2nn(C3CCCCO3)cc2-c2ccnc(NC(C)(C)C)c2)c1F)S(=O)(=O)c1cc(F)ccc1F. The zero-order valence-corrected chi connectivity index (χ0v) is 25.7. The Hall–Kier alpha value is -3.78. The molecule has 3 heterocycles. The van der Waals surface area contributed by atoms with E-state index in [1.807, 2.05) is 26.8 Å². The fourth-order valence-electron chi connectivity index (χ4n) is 5.11. The zero-order valence-electron chi connectivity index (χ0n) is 24.9. The van der Waals surface area contributed by atoms with Gasteiger partial charge in [-0.2, -0.15) is 22.2 Å². The van der Waals surface area contributed by atoms with Gasteiger partial charge >= 0.3 is 10.0 Å². The van der Waals surface area contributed by atoms with Crippen LogP contribution in [0.5, 0.6) is 0 Å². The Kier molecular flexibility index (Phi) is 9.12. The average Bonchev–Trinajstić information content (AvgIpc) is 3.42. The van der Waals surface area contributed by atoms with Crippen LogP contribution in [0.3, 0.4) is 0 Å². The molecule has 2 N–H and O–H groups in total. The van der Waals surface area contributed by atoms with Crippen molar-refractivity contribution in [1.29, 1.82) is 0 Å². The van der Waals surface area contributed by atoms with Crippen LogP contribution < -0.4 is 9.62 Å². The largest absolute Gasteiger partial charge is 0.365 e. The van der Waals surface area contributed by atoms with Crippen LogP contribution in [0.1, 0.15) is 46.3 Å². The first-order chi connectivity index (χ1) is 20.9. The van der Waals surface area contributed by atoms with Crippen LogP contribution in [0.2, 0.25) is 0 Å². The number of ether oxygens (including phenoxy) is 2. The summed E-state index contributed by atoms with van der Waals surface area (Å²) in [6.45, 7) is 6.00. The third-order valence-corrected chi connectivity index (χ3v) is 8.97. The Balaban J connectivity index is 1.66. The number of methoxy groups -OCH3 is 1. The number of nitrogens with zero attached hydrogens (tertiary/aromatic N) is 3. The fourth-order valence-corrected chi connectivity index (χ4v) is 6.69. The van der Waals surface area contributed by atoms with Crippen molar-refractivity contribution in [1.82, 2.24) is 14.8 Å². The first-order valence-corrected chi connectivity index (χ1v) is 15.7. The highest BCUT2D eigenvalue weighted by Crippen LogP contribution is 2.37. The van der Waals surface area contributed by atoms with E-state index in [-0.39, 0.29) is 28.7 Å². The third kappa shape index (κ3) is 6.65. The standard InChI is InChI=1S/C31H34F3N5O4S/c1-31(2,3)36-27-16-20(13-14-35-27)23-18-38(28-10-5-6-15-43-28)37-30(23)22-8-7-9-25(29(22)34)39(19-42-4)44(40,41)26-17-21(32)11-12-24(26)33/h7-9,11-14,16-18,28H,5-6,10,15,19H2,1-4H3,(H,35,36)/p+1. The van der Waals surface area contributed by atoms with Gasteiger partial charge in [-0.15, -0.1) is 0 Å². The molecule has 1 aliphatic heterocycles. The Morgan fingerprint density at radius 3 is 2.59 bits per heavy atom. The van der Waals surface area contributed by atoms with Crippen LogP contribution in [-0.2, 0) is 19.5 Å². The van der Waals surface area contributed by atoms with Crippen molar-refractivity contribution >= 4 is 21.5 Å². The Labute approximate surface area is 254 Å². The minimum atomic E-state index is -4.71. The predicted molar refractivity (Wildman–Crippen MR) is 159 cm³/mol. The molecule has 44 heavy (non-hydrogen) atoms. The molecule has 1 fully saturated rings. The van der Waals surface area contributed by atoms with Gasteiger partial charge in [-0.3, -0.25) is 0 Å². The molecule has 0 aliphatic carbocycles. The number of halogens is 3. The molecule has 2 unspecified atom stereocenters. The van der Waals surface area contributed by atoms with Crippen molar-refractivity contribution < 1.29 is 35.4 Å². The van der Waals surface area contributed by atoms with Gasteiger partial charge in [0.25, 0.3) is 0 Å². The number of benzene rings is 2. The van der Waals surface area contributed by atoms with E-state index in [1.165, 1.54) is 25.3 Å². The number of hydrogen-bond donors (Lipinski definition) is 2. The lowest BCUT2D eigenvalue weighted by atomic mass is 10.0. The van der Waals surface area contributed by atoms with E-state index in [2.05, 4.69) is 10.3 Å². The Bertz CT molecular complexity index is 1750. The number of quaternary nitrogens is 1. The minimum absolute atomic E-state index is 0.0118. The van der Waals surface area contributed by atoms with Crippen LogP contribution in [0, 0.1) is 17.5 Å². The number of sulfonamides is 1. The van der Waals surface area contributed by atoms with Gasteiger partial charge in [-0.05, 0) is 75.9 Å². The van der Waals surface area contributed by atoms with Gasteiger partial charge in [0.2, 0.25) is 6.73 Å². The molecular formula is C31H35F3N5O4S+. The molecule has 2 aromatic carbocycles. The predicted octanol–water partition coefficient (Wildman–Crippen LogP) is 5.45. The maximum atomic E-state index is 16.6. The van der Waals surface area contributed by atoms with Crippen molar-refractivity contribution in [2.45, 2.75) is 56.7 Å². The molecule has 0 saturated carbocycles. The highest BCUT2D eigenvalue weighted by molar-refractivity contribution is 7.85. The van der Waals surface area contributed by atoms with Crippen LogP contribution in [0.25, 0.3) is 22.4 Å². The van der Waals surface area contributed by atoms with E-state index in [1.54, 1.807) is 23.1 Å². The minimum Gasteiger partial charge on any atom is -0.365 e. The molecule has 13 heteroatoms. The number of aromatic nitrogens is 3. The van der Waals surface area contributed by atoms with E-state index in [0.717, 1.165) is 25.3 Å². The molecule has 0 radical (unpaired) electrons. The van der Waals surface area contributed by atoms with E-state index < -0.39 is 43.4 Å². The summed E-state index contributed by atoms with van der Waals surface area (Å²) in [6.07, 6.45) is 5.66. The summed E-state index contributed by atoms with van der Waals surface area (Å²) >= 11 is 0. The van der Waals surface area contributed by atoms with Gasteiger partial charge in [-0.25, -0.2) is 18.4 Å². The first kappa shape index (κ1) is 31.6. The summed E-state index contributed by atoms with van der Waals surface area (Å²) in [6, 6.07) is 9.94. The molecule has 0 spiro atoms. The fraction of sp³-hybridized carbons (Fsp3) is 0.355. The second kappa shape index (κ2) is 12.7. The van der Waals surface area contributed by atoms with Gasteiger partial charge in [0.05, 0.1) is 0 Å². The van der Waals surface area contributed by atoms with Gasteiger partial charge in [0.1, 0.15) is 29.4 Å². The van der Waals surface area contributed by atoms with Gasteiger partial charge in [0.15, 0.2) is 16.4 Å². The van der Waals surface area contributed by atoms with E-state index in [0.29, 0.717) is 35.7 Å². The van der Waals surface area contributed by atoms with Crippen LogP contribution in [0.4, 0.5) is 24.7 Å². The first-order valence-electron chi connectivity index (χ1n) is 14.2. The second-order valence-corrected chi connectivity index (χ2v) is 13.5. The second-order valence-electron chi connectivity index (χ2n) is 11.6. The quantitative estimate of drug-likeness (QED) is 0.238. The summed E-state index contributed by atoms with van der Waals surface area (Å²) in [7, 11) is -3.48. The third-order valence-electron chi connectivity index (χ3n) is 7.09. The van der Waals surface area contributed by atoms with E-state index >= 15 is 4.39 Å². The lowest BCUT2D eigenvalue weighted by Crippen LogP contribution is -3.09. The highest BCUT2D eigenvalue weighted by Gasteiger charge is 2.37. The smallest absolute Gasteiger partial charge is 0.335 e.